The monoisotopic (exact) mass is 623 g/mol. The van der Waals surface area contributed by atoms with Gasteiger partial charge in [-0.15, -0.1) is 0 Å². The lowest BCUT2D eigenvalue weighted by Gasteiger charge is -2.16. The van der Waals surface area contributed by atoms with Crippen LogP contribution >= 0.6 is 7.14 Å². The van der Waals surface area contributed by atoms with E-state index in [1.54, 1.807) is 49.7 Å². The fourth-order valence-corrected chi connectivity index (χ4v) is 7.10. The maximum Gasteiger partial charge on any atom is 0.269 e. The second kappa shape index (κ2) is 11.2. The van der Waals surface area contributed by atoms with Crippen LogP contribution in [0.5, 0.6) is 5.75 Å². The Morgan fingerprint density at radius 3 is 2.42 bits per heavy atom. The molecular formula is C29H27FN5O6PS. The summed E-state index contributed by atoms with van der Waals surface area (Å²) in [6.45, 7) is 4.99. The lowest BCUT2D eigenvalue weighted by Crippen LogP contribution is -2.14. The van der Waals surface area contributed by atoms with Gasteiger partial charge in [0.2, 0.25) is 0 Å². The molecule has 2 heterocycles. The Morgan fingerprint density at radius 1 is 1.07 bits per heavy atom. The minimum atomic E-state index is -4.30. The minimum Gasteiger partial charge on any atom is -0.496 e. The van der Waals surface area contributed by atoms with E-state index in [2.05, 4.69) is 15.3 Å². The number of nitro benzene ring substituents is 1. The summed E-state index contributed by atoms with van der Waals surface area (Å²) < 4.78 is 62.3. The zero-order chi connectivity index (χ0) is 31.1. The van der Waals surface area contributed by atoms with Crippen molar-refractivity contribution >= 4 is 50.7 Å². The average molecular weight is 624 g/mol. The molecule has 222 valence electrons. The topological polar surface area (TPSA) is 146 Å². The van der Waals surface area contributed by atoms with Crippen molar-refractivity contribution in [3.63, 3.8) is 0 Å². The minimum absolute atomic E-state index is 0.0286. The largest absolute Gasteiger partial charge is 0.496 e. The molecule has 0 atom stereocenters. The third-order valence-electron chi connectivity index (χ3n) is 6.75. The van der Waals surface area contributed by atoms with Gasteiger partial charge in [0.05, 0.1) is 34.2 Å². The van der Waals surface area contributed by atoms with E-state index in [1.807, 2.05) is 6.92 Å². The maximum absolute atomic E-state index is 15.7. The van der Waals surface area contributed by atoms with Crippen molar-refractivity contribution < 1.29 is 27.0 Å². The Balaban J connectivity index is 1.75. The summed E-state index contributed by atoms with van der Waals surface area (Å²) in [6.07, 6.45) is 0.711. The summed E-state index contributed by atoms with van der Waals surface area (Å²) >= 11 is 0. The van der Waals surface area contributed by atoms with Gasteiger partial charge >= 0.3 is 0 Å². The summed E-state index contributed by atoms with van der Waals surface area (Å²) in [4.78, 5) is 19.8. The van der Waals surface area contributed by atoms with Gasteiger partial charge in [-0.1, -0.05) is 29.8 Å². The number of non-ortho nitro benzene ring substituents is 1. The smallest absolute Gasteiger partial charge is 0.269 e. The van der Waals surface area contributed by atoms with Gasteiger partial charge in [0.25, 0.3) is 15.7 Å². The molecule has 0 amide bonds. The number of benzene rings is 3. The second-order valence-corrected chi connectivity index (χ2v) is 15.2. The molecule has 0 fully saturated rings. The third kappa shape index (κ3) is 5.86. The van der Waals surface area contributed by atoms with Crippen LogP contribution < -0.4 is 15.4 Å². The van der Waals surface area contributed by atoms with Crippen molar-refractivity contribution in [2.24, 2.45) is 0 Å². The van der Waals surface area contributed by atoms with E-state index in [0.717, 1.165) is 15.7 Å². The standard InChI is InChI=1S/C29H27FN5O6PS/c1-18-9-12-21(13-10-18)43(39,40)34-17-22(30)27-28(31-23-7-5-6-8-25(23)42(3,4)38)32-26(33-29(27)34)16-19-15-20(35(36)37)11-14-24(19)41-2/h5-15,17H,16H2,1-4H3,(H,31,32,33). The van der Waals surface area contributed by atoms with Crippen molar-refractivity contribution in [3.05, 3.63) is 106 Å². The molecule has 43 heavy (non-hydrogen) atoms. The molecule has 5 aromatic rings. The number of rotatable bonds is 9. The number of hydrogen-bond donors (Lipinski definition) is 1. The fraction of sp³-hybridized carbons (Fsp3) is 0.172. The normalized spacial score (nSPS) is 11.9. The summed E-state index contributed by atoms with van der Waals surface area (Å²) in [7, 11) is -5.70. The van der Waals surface area contributed by atoms with Gasteiger partial charge in [0.15, 0.2) is 11.5 Å². The number of anilines is 2. The van der Waals surface area contributed by atoms with Crippen LogP contribution in [-0.2, 0) is 21.0 Å². The van der Waals surface area contributed by atoms with Crippen molar-refractivity contribution in [2.45, 2.75) is 18.2 Å². The summed E-state index contributed by atoms with van der Waals surface area (Å²) in [5.41, 5.74) is 1.15. The number of fused-ring (bicyclic) bond motifs is 1. The highest BCUT2D eigenvalue weighted by molar-refractivity contribution is 7.90. The second-order valence-electron chi connectivity index (χ2n) is 10.2. The molecule has 11 nitrogen and oxygen atoms in total. The van der Waals surface area contributed by atoms with Gasteiger partial charge in [-0.05, 0) is 50.6 Å². The van der Waals surface area contributed by atoms with Crippen LogP contribution in [-0.4, -0.2) is 47.7 Å². The average Bonchev–Trinajstić information content (AvgIpc) is 3.30. The van der Waals surface area contributed by atoms with Gasteiger partial charge in [0, 0.05) is 29.4 Å². The van der Waals surface area contributed by atoms with Crippen LogP contribution in [0.1, 0.15) is 17.0 Å². The van der Waals surface area contributed by atoms with Crippen LogP contribution in [0.2, 0.25) is 0 Å². The van der Waals surface area contributed by atoms with Crippen LogP contribution in [0.15, 0.2) is 77.8 Å². The van der Waals surface area contributed by atoms with E-state index in [-0.39, 0.29) is 39.7 Å². The first-order chi connectivity index (χ1) is 20.3. The maximum atomic E-state index is 15.7. The highest BCUT2D eigenvalue weighted by Gasteiger charge is 2.27. The van der Waals surface area contributed by atoms with E-state index in [4.69, 9.17) is 4.74 Å². The predicted octanol–water partition coefficient (Wildman–Crippen LogP) is 5.62. The molecule has 0 saturated carbocycles. The van der Waals surface area contributed by atoms with E-state index in [9.17, 15) is 23.1 Å². The summed E-state index contributed by atoms with van der Waals surface area (Å²) in [5, 5.41) is 14.8. The Kier molecular flexibility index (Phi) is 7.80. The van der Waals surface area contributed by atoms with Crippen molar-refractivity contribution in [1.82, 2.24) is 13.9 Å². The Labute approximate surface area is 246 Å². The molecule has 0 saturated heterocycles. The number of ether oxygens (including phenoxy) is 1. The molecule has 0 aliphatic heterocycles. The number of nitrogens with one attached hydrogen (secondary N) is 1. The number of para-hydroxylation sites is 1. The molecule has 14 heteroatoms. The lowest BCUT2D eigenvalue weighted by atomic mass is 10.1. The zero-order valence-electron chi connectivity index (χ0n) is 23.6. The van der Waals surface area contributed by atoms with Gasteiger partial charge in [-0.3, -0.25) is 10.1 Å². The van der Waals surface area contributed by atoms with Crippen LogP contribution in [0.3, 0.4) is 0 Å². The highest BCUT2D eigenvalue weighted by atomic mass is 32.2. The zero-order valence-corrected chi connectivity index (χ0v) is 25.3. The van der Waals surface area contributed by atoms with Gasteiger partial charge in [-0.2, -0.15) is 0 Å². The number of nitro groups is 1. The lowest BCUT2D eigenvalue weighted by molar-refractivity contribution is -0.384. The van der Waals surface area contributed by atoms with Crippen molar-refractivity contribution in [2.75, 3.05) is 25.8 Å². The molecule has 1 N–H and O–H groups in total. The molecule has 0 aliphatic carbocycles. The summed E-state index contributed by atoms with van der Waals surface area (Å²) in [6, 6.07) is 16.9. The third-order valence-corrected chi connectivity index (χ3v) is 9.97. The first-order valence-corrected chi connectivity index (χ1v) is 17.0. The van der Waals surface area contributed by atoms with Crippen LogP contribution in [0.25, 0.3) is 11.0 Å². The van der Waals surface area contributed by atoms with Crippen LogP contribution in [0.4, 0.5) is 21.6 Å². The molecule has 0 radical (unpaired) electrons. The van der Waals surface area contributed by atoms with Gasteiger partial charge in [-0.25, -0.2) is 26.7 Å². The number of nitrogens with zero attached hydrogens (tertiary/aromatic N) is 4. The molecular weight excluding hydrogens is 596 g/mol. The Bertz CT molecular complexity index is 2040. The molecule has 0 bridgehead atoms. The number of halogens is 1. The fourth-order valence-electron chi connectivity index (χ4n) is 4.64. The number of methoxy groups -OCH3 is 1. The quantitative estimate of drug-likeness (QED) is 0.126. The van der Waals surface area contributed by atoms with E-state index in [0.29, 0.717) is 22.3 Å². The number of hydrogen-bond acceptors (Lipinski definition) is 9. The van der Waals surface area contributed by atoms with Crippen molar-refractivity contribution in [1.29, 1.82) is 0 Å². The predicted molar refractivity (Wildman–Crippen MR) is 163 cm³/mol. The highest BCUT2D eigenvalue weighted by Crippen LogP contribution is 2.39. The van der Waals surface area contributed by atoms with E-state index >= 15 is 4.39 Å². The SMILES string of the molecule is COc1ccc([N+](=O)[O-])cc1Cc1nc(Nc2ccccc2P(C)(C)=O)c2c(F)cn(S(=O)(=O)c3ccc(C)cc3)c2n1. The van der Waals surface area contributed by atoms with E-state index in [1.165, 1.54) is 37.4 Å². The molecule has 0 aliphatic rings. The number of aryl methyl sites for hydroxylation is 1. The van der Waals surface area contributed by atoms with E-state index < -0.39 is 27.9 Å². The number of aromatic nitrogens is 3. The summed E-state index contributed by atoms with van der Waals surface area (Å²) in [5.74, 6) is -0.621. The Morgan fingerprint density at radius 2 is 1.77 bits per heavy atom. The molecule has 2 aromatic heterocycles. The van der Waals surface area contributed by atoms with Crippen molar-refractivity contribution in [3.8, 4) is 5.75 Å². The molecule has 0 unspecified atom stereocenters. The first-order valence-electron chi connectivity index (χ1n) is 12.9. The Hall–Kier alpha value is -4.61. The molecule has 5 rings (SSSR count). The molecule has 0 spiro atoms. The molecule has 3 aromatic carbocycles. The van der Waals surface area contributed by atoms with Gasteiger partial charge < -0.3 is 14.6 Å². The van der Waals surface area contributed by atoms with Crippen LogP contribution in [0, 0.1) is 22.9 Å². The van der Waals surface area contributed by atoms with Gasteiger partial charge in [0.1, 0.15) is 24.5 Å². The first kappa shape index (κ1) is 29.9.